The molecule has 3 aromatic rings. The van der Waals surface area contributed by atoms with E-state index in [2.05, 4.69) is 20.8 Å². The first kappa shape index (κ1) is 17.2. The molecule has 0 saturated heterocycles. The van der Waals surface area contributed by atoms with Gasteiger partial charge in [-0.15, -0.1) is 5.10 Å². The molecular weight excluding hydrogens is 334 g/mol. The van der Waals surface area contributed by atoms with Crippen molar-refractivity contribution in [2.24, 2.45) is 0 Å². The molecule has 25 heavy (non-hydrogen) atoms. The Balaban J connectivity index is 1.61. The lowest BCUT2D eigenvalue weighted by Gasteiger charge is -2.14. The number of tetrazole rings is 1. The highest BCUT2D eigenvalue weighted by Crippen LogP contribution is 2.19. The molecule has 6 nitrogen and oxygen atoms in total. The van der Waals surface area contributed by atoms with E-state index in [1.165, 1.54) is 11.8 Å². The van der Waals surface area contributed by atoms with Crippen LogP contribution in [0.2, 0.25) is 0 Å². The SMILES string of the molecule is Cc1cccc(-n2nnnc2SCC(=O)NC(C)c2ccccc2)c1. The highest BCUT2D eigenvalue weighted by molar-refractivity contribution is 7.99. The molecule has 0 spiro atoms. The van der Waals surface area contributed by atoms with Gasteiger partial charge in [0.1, 0.15) is 0 Å². The molecule has 1 atom stereocenters. The topological polar surface area (TPSA) is 72.7 Å². The number of benzene rings is 2. The minimum Gasteiger partial charge on any atom is -0.349 e. The lowest BCUT2D eigenvalue weighted by Crippen LogP contribution is -2.28. The van der Waals surface area contributed by atoms with Crippen LogP contribution in [0.1, 0.15) is 24.1 Å². The minimum atomic E-state index is -0.0554. The highest BCUT2D eigenvalue weighted by Gasteiger charge is 2.13. The highest BCUT2D eigenvalue weighted by atomic mass is 32.2. The number of aromatic nitrogens is 4. The van der Waals surface area contributed by atoms with E-state index in [9.17, 15) is 4.79 Å². The molecule has 1 aromatic heterocycles. The van der Waals surface area contributed by atoms with Crippen LogP contribution in [0.3, 0.4) is 0 Å². The van der Waals surface area contributed by atoms with E-state index >= 15 is 0 Å². The standard InChI is InChI=1S/C18H19N5OS/c1-13-7-6-10-16(11-13)23-18(20-21-22-23)25-12-17(24)19-14(2)15-8-4-3-5-9-15/h3-11,14H,12H2,1-2H3,(H,19,24). The van der Waals surface area contributed by atoms with Gasteiger partial charge in [0.2, 0.25) is 11.1 Å². The predicted molar refractivity (Wildman–Crippen MR) is 97.6 cm³/mol. The third-order valence-electron chi connectivity index (χ3n) is 3.70. The number of rotatable bonds is 6. The fourth-order valence-corrected chi connectivity index (χ4v) is 3.13. The maximum atomic E-state index is 12.2. The second-order valence-corrected chi connectivity index (χ2v) is 6.64. The molecule has 0 fully saturated rings. The number of thioether (sulfide) groups is 1. The zero-order chi connectivity index (χ0) is 17.6. The maximum Gasteiger partial charge on any atom is 0.230 e. The lowest BCUT2D eigenvalue weighted by atomic mass is 10.1. The van der Waals surface area contributed by atoms with Gasteiger partial charge in [0, 0.05) is 0 Å². The van der Waals surface area contributed by atoms with Crippen LogP contribution in [0, 0.1) is 6.92 Å². The average molecular weight is 353 g/mol. The van der Waals surface area contributed by atoms with Crippen molar-refractivity contribution in [3.05, 3.63) is 65.7 Å². The number of amides is 1. The van der Waals surface area contributed by atoms with E-state index in [0.29, 0.717) is 5.16 Å². The Labute approximate surface area is 150 Å². The van der Waals surface area contributed by atoms with Crippen LogP contribution in [-0.2, 0) is 4.79 Å². The molecular formula is C18H19N5OS. The minimum absolute atomic E-state index is 0.0398. The first-order chi connectivity index (χ1) is 12.1. The van der Waals surface area contributed by atoms with E-state index in [-0.39, 0.29) is 17.7 Å². The fraction of sp³-hybridized carbons (Fsp3) is 0.222. The number of nitrogens with zero attached hydrogens (tertiary/aromatic N) is 4. The molecule has 3 rings (SSSR count). The van der Waals surface area contributed by atoms with Gasteiger partial charge in [-0.2, -0.15) is 4.68 Å². The number of nitrogens with one attached hydrogen (secondary N) is 1. The Morgan fingerprint density at radius 3 is 2.76 bits per heavy atom. The summed E-state index contributed by atoms with van der Waals surface area (Å²) in [6.07, 6.45) is 0. The lowest BCUT2D eigenvalue weighted by molar-refractivity contribution is -0.119. The number of carbonyl (C=O) groups is 1. The smallest absolute Gasteiger partial charge is 0.230 e. The van der Waals surface area contributed by atoms with Crippen molar-refractivity contribution in [1.82, 2.24) is 25.5 Å². The largest absolute Gasteiger partial charge is 0.349 e. The zero-order valence-corrected chi connectivity index (χ0v) is 14.9. The monoisotopic (exact) mass is 353 g/mol. The normalized spacial score (nSPS) is 11.9. The van der Waals surface area contributed by atoms with Crippen LogP contribution in [0.5, 0.6) is 0 Å². The van der Waals surface area contributed by atoms with Gasteiger partial charge in [-0.3, -0.25) is 4.79 Å². The molecule has 1 heterocycles. The second-order valence-electron chi connectivity index (χ2n) is 5.70. The zero-order valence-electron chi connectivity index (χ0n) is 14.1. The van der Waals surface area contributed by atoms with Gasteiger partial charge < -0.3 is 5.32 Å². The Morgan fingerprint density at radius 2 is 2.00 bits per heavy atom. The molecule has 1 unspecified atom stereocenters. The number of carbonyl (C=O) groups excluding carboxylic acids is 1. The van der Waals surface area contributed by atoms with Crippen molar-refractivity contribution in [2.75, 3.05) is 5.75 Å². The number of hydrogen-bond donors (Lipinski definition) is 1. The summed E-state index contributed by atoms with van der Waals surface area (Å²) in [6.45, 7) is 3.98. The quantitative estimate of drug-likeness (QED) is 0.690. The number of aryl methyl sites for hydroxylation is 1. The van der Waals surface area contributed by atoms with E-state index in [0.717, 1.165) is 16.8 Å². The van der Waals surface area contributed by atoms with Crippen LogP contribution < -0.4 is 5.32 Å². The van der Waals surface area contributed by atoms with E-state index in [1.807, 2.05) is 68.4 Å². The van der Waals surface area contributed by atoms with Crippen LogP contribution in [0.15, 0.2) is 59.8 Å². The van der Waals surface area contributed by atoms with Crippen molar-refractivity contribution >= 4 is 17.7 Å². The molecule has 1 N–H and O–H groups in total. The van der Waals surface area contributed by atoms with E-state index in [4.69, 9.17) is 0 Å². The average Bonchev–Trinajstić information content (AvgIpc) is 3.09. The van der Waals surface area contributed by atoms with Gasteiger partial charge in [-0.1, -0.05) is 54.2 Å². The van der Waals surface area contributed by atoms with Crippen molar-refractivity contribution in [3.8, 4) is 5.69 Å². The van der Waals surface area contributed by atoms with Crippen LogP contribution in [0.4, 0.5) is 0 Å². The van der Waals surface area contributed by atoms with Gasteiger partial charge in [-0.25, -0.2) is 0 Å². The first-order valence-corrected chi connectivity index (χ1v) is 8.94. The Hall–Kier alpha value is -2.67. The summed E-state index contributed by atoms with van der Waals surface area (Å²) in [5.74, 6) is 0.198. The molecule has 128 valence electrons. The van der Waals surface area contributed by atoms with E-state index in [1.54, 1.807) is 4.68 Å². The molecule has 0 bridgehead atoms. The first-order valence-electron chi connectivity index (χ1n) is 7.96. The molecule has 0 radical (unpaired) electrons. The molecule has 7 heteroatoms. The summed E-state index contributed by atoms with van der Waals surface area (Å²) in [4.78, 5) is 12.2. The van der Waals surface area contributed by atoms with Gasteiger partial charge in [0.05, 0.1) is 17.5 Å². The second kappa shape index (κ2) is 7.94. The number of hydrogen-bond acceptors (Lipinski definition) is 5. The molecule has 2 aromatic carbocycles. The summed E-state index contributed by atoms with van der Waals surface area (Å²) in [5.41, 5.74) is 3.08. The third-order valence-corrected chi connectivity index (χ3v) is 4.62. The third kappa shape index (κ3) is 4.45. The summed E-state index contributed by atoms with van der Waals surface area (Å²) in [7, 11) is 0. The van der Waals surface area contributed by atoms with E-state index < -0.39 is 0 Å². The summed E-state index contributed by atoms with van der Waals surface area (Å²) in [6, 6.07) is 17.7. The van der Waals surface area contributed by atoms with Crippen molar-refractivity contribution in [1.29, 1.82) is 0 Å². The summed E-state index contributed by atoms with van der Waals surface area (Å²) < 4.78 is 1.64. The summed E-state index contributed by atoms with van der Waals surface area (Å²) >= 11 is 1.31. The Morgan fingerprint density at radius 1 is 1.20 bits per heavy atom. The molecule has 0 aliphatic rings. The Bertz CT molecular complexity index is 849. The molecule has 0 aliphatic heterocycles. The van der Waals surface area contributed by atoms with Crippen molar-refractivity contribution < 1.29 is 4.79 Å². The van der Waals surface area contributed by atoms with Gasteiger partial charge in [-0.05, 0) is 47.5 Å². The van der Waals surface area contributed by atoms with Crippen LogP contribution >= 0.6 is 11.8 Å². The molecule has 0 saturated carbocycles. The van der Waals surface area contributed by atoms with Gasteiger partial charge in [0.25, 0.3) is 0 Å². The van der Waals surface area contributed by atoms with Gasteiger partial charge >= 0.3 is 0 Å². The molecule has 1 amide bonds. The Kier molecular flexibility index (Phi) is 5.45. The van der Waals surface area contributed by atoms with Gasteiger partial charge in [0.15, 0.2) is 0 Å². The van der Waals surface area contributed by atoms with Crippen molar-refractivity contribution in [3.63, 3.8) is 0 Å². The fourth-order valence-electron chi connectivity index (χ4n) is 2.43. The van der Waals surface area contributed by atoms with Crippen molar-refractivity contribution in [2.45, 2.75) is 25.0 Å². The van der Waals surface area contributed by atoms with Crippen LogP contribution in [-0.4, -0.2) is 31.9 Å². The molecule has 0 aliphatic carbocycles. The summed E-state index contributed by atoms with van der Waals surface area (Å²) in [5, 5.41) is 15.3. The maximum absolute atomic E-state index is 12.2. The predicted octanol–water partition coefficient (Wildman–Crippen LogP) is 2.94. The van der Waals surface area contributed by atoms with Crippen LogP contribution in [0.25, 0.3) is 5.69 Å².